The van der Waals surface area contributed by atoms with E-state index in [9.17, 15) is 14.9 Å². The Balaban J connectivity index is 1.45. The largest absolute Gasteiger partial charge is 0.495 e. The van der Waals surface area contributed by atoms with Gasteiger partial charge in [0.25, 0.3) is 11.6 Å². The lowest BCUT2D eigenvalue weighted by molar-refractivity contribution is -0.384. The molecule has 0 aliphatic carbocycles. The number of methoxy groups -OCH3 is 1. The molecule has 0 unspecified atom stereocenters. The maximum atomic E-state index is 13.1. The summed E-state index contributed by atoms with van der Waals surface area (Å²) in [5.74, 6) is 0.664. The topological polar surface area (TPSA) is 113 Å². The Bertz CT molecular complexity index is 1360. The van der Waals surface area contributed by atoms with Gasteiger partial charge in [0.1, 0.15) is 17.3 Å². The molecular formula is C25H23N5O4. The van der Waals surface area contributed by atoms with Crippen molar-refractivity contribution in [2.45, 2.75) is 12.8 Å². The molecule has 1 amide bonds. The maximum absolute atomic E-state index is 13.1. The van der Waals surface area contributed by atoms with Crippen molar-refractivity contribution in [2.75, 3.05) is 30.4 Å². The highest BCUT2D eigenvalue weighted by molar-refractivity contribution is 6.06. The Morgan fingerprint density at radius 3 is 2.65 bits per heavy atom. The van der Waals surface area contributed by atoms with Crippen molar-refractivity contribution in [3.05, 3.63) is 76.3 Å². The molecule has 9 heteroatoms. The van der Waals surface area contributed by atoms with E-state index in [4.69, 9.17) is 4.74 Å². The van der Waals surface area contributed by atoms with Crippen molar-refractivity contribution >= 4 is 34.0 Å². The second-order valence-electron chi connectivity index (χ2n) is 8.13. The predicted molar refractivity (Wildman–Crippen MR) is 131 cm³/mol. The second kappa shape index (κ2) is 8.86. The van der Waals surface area contributed by atoms with Crippen molar-refractivity contribution < 1.29 is 14.5 Å². The molecule has 0 spiro atoms. The molecule has 1 aromatic heterocycles. The molecule has 0 atom stereocenters. The summed E-state index contributed by atoms with van der Waals surface area (Å²) in [5, 5.41) is 14.5. The first-order valence-corrected chi connectivity index (χ1v) is 11.0. The highest BCUT2D eigenvalue weighted by Crippen LogP contribution is 2.33. The molecule has 9 nitrogen and oxygen atoms in total. The highest BCUT2D eigenvalue weighted by atomic mass is 16.6. The molecule has 0 saturated carbocycles. The van der Waals surface area contributed by atoms with Crippen LogP contribution in [-0.4, -0.2) is 41.0 Å². The number of carbonyl (C=O) groups excluding carboxylic acids is 1. The van der Waals surface area contributed by atoms with Crippen LogP contribution >= 0.6 is 0 Å². The number of carbonyl (C=O) groups is 1. The Morgan fingerprint density at radius 1 is 1.12 bits per heavy atom. The quantitative estimate of drug-likeness (QED) is 0.311. The molecule has 3 aromatic carbocycles. The van der Waals surface area contributed by atoms with E-state index >= 15 is 0 Å². The van der Waals surface area contributed by atoms with Gasteiger partial charge in [0.2, 0.25) is 0 Å². The monoisotopic (exact) mass is 457 g/mol. The number of rotatable bonds is 6. The smallest absolute Gasteiger partial charge is 0.293 e. The molecule has 1 fully saturated rings. The van der Waals surface area contributed by atoms with Gasteiger partial charge in [0.15, 0.2) is 0 Å². The highest BCUT2D eigenvalue weighted by Gasteiger charge is 2.24. The van der Waals surface area contributed by atoms with Crippen LogP contribution in [0.5, 0.6) is 5.75 Å². The Labute approximate surface area is 195 Å². The number of nitro benzene ring substituents is 1. The Kier molecular flexibility index (Phi) is 5.59. The van der Waals surface area contributed by atoms with Crippen LogP contribution in [0.25, 0.3) is 22.4 Å². The lowest BCUT2D eigenvalue weighted by Gasteiger charge is -2.18. The van der Waals surface area contributed by atoms with Crippen LogP contribution in [0.2, 0.25) is 0 Å². The average Bonchev–Trinajstić information content (AvgIpc) is 3.54. The molecule has 172 valence electrons. The number of hydrogen-bond donors (Lipinski definition) is 2. The van der Waals surface area contributed by atoms with Crippen molar-refractivity contribution in [3.8, 4) is 17.1 Å². The van der Waals surface area contributed by atoms with Crippen molar-refractivity contribution in [2.24, 2.45) is 0 Å². The number of amides is 1. The molecular weight excluding hydrogens is 434 g/mol. The van der Waals surface area contributed by atoms with Gasteiger partial charge in [0.05, 0.1) is 28.8 Å². The minimum atomic E-state index is -0.462. The van der Waals surface area contributed by atoms with E-state index in [1.165, 1.54) is 13.2 Å². The van der Waals surface area contributed by atoms with Gasteiger partial charge in [-0.05, 0) is 55.3 Å². The zero-order valence-electron chi connectivity index (χ0n) is 18.6. The van der Waals surface area contributed by atoms with Gasteiger partial charge in [-0.15, -0.1) is 0 Å². The fourth-order valence-electron chi connectivity index (χ4n) is 4.27. The third kappa shape index (κ3) is 4.03. The summed E-state index contributed by atoms with van der Waals surface area (Å²) in [6.07, 6.45) is 2.00. The molecule has 4 aromatic rings. The molecule has 0 radical (unpaired) electrons. The second-order valence-corrected chi connectivity index (χ2v) is 8.13. The summed E-state index contributed by atoms with van der Waals surface area (Å²) >= 11 is 0. The molecule has 0 bridgehead atoms. The molecule has 34 heavy (non-hydrogen) atoms. The van der Waals surface area contributed by atoms with Gasteiger partial charge in [-0.2, -0.15) is 0 Å². The van der Waals surface area contributed by atoms with E-state index < -0.39 is 10.8 Å². The summed E-state index contributed by atoms with van der Waals surface area (Å²) in [5.41, 5.74) is 3.62. The molecule has 2 N–H and O–H groups in total. The van der Waals surface area contributed by atoms with E-state index in [1.807, 2.05) is 35.2 Å². The van der Waals surface area contributed by atoms with E-state index in [2.05, 4.69) is 15.3 Å². The first kappa shape index (κ1) is 21.4. The number of aromatic nitrogens is 2. The number of aromatic amines is 1. The summed E-state index contributed by atoms with van der Waals surface area (Å²) in [6, 6.07) is 17.7. The van der Waals surface area contributed by atoms with Crippen LogP contribution < -0.4 is 15.0 Å². The number of hydrogen-bond acceptors (Lipinski definition) is 6. The van der Waals surface area contributed by atoms with Crippen LogP contribution in [0.4, 0.5) is 17.1 Å². The van der Waals surface area contributed by atoms with Gasteiger partial charge < -0.3 is 19.9 Å². The van der Waals surface area contributed by atoms with E-state index in [0.717, 1.165) is 42.5 Å². The first-order valence-electron chi connectivity index (χ1n) is 11.0. The number of benzene rings is 3. The van der Waals surface area contributed by atoms with E-state index in [-0.39, 0.29) is 11.3 Å². The van der Waals surface area contributed by atoms with Crippen LogP contribution in [0.3, 0.4) is 0 Å². The molecule has 1 saturated heterocycles. The minimum Gasteiger partial charge on any atom is -0.495 e. The number of fused-ring (bicyclic) bond motifs is 1. The predicted octanol–water partition coefficient (Wildman–Crippen LogP) is 5.00. The third-order valence-corrected chi connectivity index (χ3v) is 5.99. The fourth-order valence-corrected chi connectivity index (χ4v) is 4.27. The Morgan fingerprint density at radius 2 is 1.91 bits per heavy atom. The number of anilines is 2. The lowest BCUT2D eigenvalue weighted by Crippen LogP contribution is -2.20. The van der Waals surface area contributed by atoms with E-state index in [0.29, 0.717) is 22.9 Å². The standard InChI is InChI=1S/C25H23N5O4/c1-34-23-11-9-16(24-26-18-6-2-3-7-19(18)27-24)14-20(23)28-25(31)17-8-10-21(22(15-17)30(32)33)29-12-4-5-13-29/h2-3,6-11,14-15H,4-5,12-13H2,1H3,(H,26,27)(H,28,31). The van der Waals surface area contributed by atoms with E-state index in [1.54, 1.807) is 24.3 Å². The van der Waals surface area contributed by atoms with Gasteiger partial charge in [0, 0.05) is 30.3 Å². The zero-order valence-corrected chi connectivity index (χ0v) is 18.6. The SMILES string of the molecule is COc1ccc(-c2nc3ccccc3[nH]2)cc1NC(=O)c1ccc(N2CCCC2)c([N+](=O)[O-])c1. The molecule has 1 aliphatic heterocycles. The number of nitrogens with one attached hydrogen (secondary N) is 2. The number of H-pyrrole nitrogens is 1. The van der Waals surface area contributed by atoms with Crippen LogP contribution in [0.15, 0.2) is 60.7 Å². The van der Waals surface area contributed by atoms with Crippen LogP contribution in [0, 0.1) is 10.1 Å². The van der Waals surface area contributed by atoms with Gasteiger partial charge >= 0.3 is 0 Å². The van der Waals surface area contributed by atoms with Crippen molar-refractivity contribution in [3.63, 3.8) is 0 Å². The summed E-state index contributed by atoms with van der Waals surface area (Å²) < 4.78 is 5.42. The first-order chi connectivity index (χ1) is 16.5. The molecule has 2 heterocycles. The summed E-state index contributed by atoms with van der Waals surface area (Å²) in [7, 11) is 1.52. The van der Waals surface area contributed by atoms with Gasteiger partial charge in [-0.25, -0.2) is 4.98 Å². The molecule has 1 aliphatic rings. The Hall–Kier alpha value is -4.40. The van der Waals surface area contributed by atoms with Crippen LogP contribution in [0.1, 0.15) is 23.2 Å². The maximum Gasteiger partial charge on any atom is 0.293 e. The number of nitrogens with zero attached hydrogens (tertiary/aromatic N) is 3. The fraction of sp³-hybridized carbons (Fsp3) is 0.200. The van der Waals surface area contributed by atoms with Crippen LogP contribution in [-0.2, 0) is 0 Å². The number of imidazole rings is 1. The number of nitro groups is 1. The average molecular weight is 457 g/mol. The zero-order chi connectivity index (χ0) is 23.7. The van der Waals surface area contributed by atoms with Gasteiger partial charge in [-0.3, -0.25) is 14.9 Å². The summed E-state index contributed by atoms with van der Waals surface area (Å²) in [4.78, 5) is 34.2. The molecule has 5 rings (SSSR count). The van der Waals surface area contributed by atoms with Crippen molar-refractivity contribution in [1.82, 2.24) is 9.97 Å². The lowest BCUT2D eigenvalue weighted by atomic mass is 10.1. The minimum absolute atomic E-state index is 0.0717. The van der Waals surface area contributed by atoms with Gasteiger partial charge in [-0.1, -0.05) is 12.1 Å². The summed E-state index contributed by atoms with van der Waals surface area (Å²) in [6.45, 7) is 1.55. The number of para-hydroxylation sites is 2. The number of ether oxygens (including phenoxy) is 1. The third-order valence-electron chi connectivity index (χ3n) is 5.99. The normalized spacial score (nSPS) is 13.3. The van der Waals surface area contributed by atoms with Crippen molar-refractivity contribution in [1.29, 1.82) is 0 Å².